The first-order valence-electron chi connectivity index (χ1n) is 9.23. The van der Waals surface area contributed by atoms with Gasteiger partial charge in [-0.1, -0.05) is 67.9 Å². The molecule has 2 atom stereocenters. The number of hydrogen-bond acceptors (Lipinski definition) is 4. The number of ether oxygens (including phenoxy) is 2. The van der Waals surface area contributed by atoms with Crippen molar-refractivity contribution < 1.29 is 19.1 Å². The molecule has 0 aliphatic carbocycles. The molecule has 0 heterocycles. The van der Waals surface area contributed by atoms with Crippen molar-refractivity contribution in [2.45, 2.75) is 38.8 Å². The van der Waals surface area contributed by atoms with Gasteiger partial charge in [0.1, 0.15) is 12.1 Å². The van der Waals surface area contributed by atoms with E-state index in [4.69, 9.17) is 21.1 Å². The second-order valence-corrected chi connectivity index (χ2v) is 7.42. The summed E-state index contributed by atoms with van der Waals surface area (Å²) in [6, 6.07) is 16.1. The number of alkyl carbamates (subject to hydrolysis) is 1. The summed E-state index contributed by atoms with van der Waals surface area (Å²) in [5.74, 6) is -0.280. The maximum absolute atomic E-state index is 12.5. The van der Waals surface area contributed by atoms with Crippen molar-refractivity contribution in [2.75, 3.05) is 7.11 Å². The molecule has 150 valence electrons. The van der Waals surface area contributed by atoms with Crippen LogP contribution >= 0.6 is 11.6 Å². The van der Waals surface area contributed by atoms with Gasteiger partial charge in [-0.05, 0) is 35.6 Å². The van der Waals surface area contributed by atoms with Gasteiger partial charge in [0.15, 0.2) is 0 Å². The smallest absolute Gasteiger partial charge is 0.408 e. The molecule has 0 saturated carbocycles. The van der Waals surface area contributed by atoms with Crippen molar-refractivity contribution >= 4 is 23.7 Å². The zero-order valence-corrected chi connectivity index (χ0v) is 17.1. The SMILES string of the molecule is COC(=O)C(CC(C)C)NC(=O)OC(Cc1cccc(Cl)c1)c1ccccc1. The molecule has 28 heavy (non-hydrogen) atoms. The van der Waals surface area contributed by atoms with Crippen molar-refractivity contribution in [2.24, 2.45) is 5.92 Å². The summed E-state index contributed by atoms with van der Waals surface area (Å²) in [4.78, 5) is 24.5. The summed E-state index contributed by atoms with van der Waals surface area (Å²) in [6.45, 7) is 3.93. The van der Waals surface area contributed by atoms with Crippen molar-refractivity contribution in [1.82, 2.24) is 5.32 Å². The predicted molar refractivity (Wildman–Crippen MR) is 109 cm³/mol. The molecule has 0 fully saturated rings. The molecule has 0 saturated heterocycles. The van der Waals surface area contributed by atoms with Gasteiger partial charge in [0.2, 0.25) is 0 Å². The largest absolute Gasteiger partial charge is 0.467 e. The number of esters is 1. The van der Waals surface area contributed by atoms with Gasteiger partial charge >= 0.3 is 12.1 Å². The molecule has 0 bridgehead atoms. The van der Waals surface area contributed by atoms with E-state index in [0.29, 0.717) is 17.9 Å². The standard InChI is InChI=1S/C22H26ClNO4/c1-15(2)12-19(21(25)27-3)24-22(26)28-20(17-9-5-4-6-10-17)14-16-8-7-11-18(23)13-16/h4-11,13,15,19-20H,12,14H2,1-3H3,(H,24,26). The van der Waals surface area contributed by atoms with Crippen LogP contribution in [0.25, 0.3) is 0 Å². The number of benzene rings is 2. The Morgan fingerprint density at radius 1 is 1.07 bits per heavy atom. The highest BCUT2D eigenvalue weighted by Crippen LogP contribution is 2.24. The fourth-order valence-electron chi connectivity index (χ4n) is 2.91. The number of carbonyl (C=O) groups is 2. The van der Waals surface area contributed by atoms with E-state index in [9.17, 15) is 9.59 Å². The van der Waals surface area contributed by atoms with E-state index in [1.165, 1.54) is 7.11 Å². The van der Waals surface area contributed by atoms with Gasteiger partial charge in [0.25, 0.3) is 0 Å². The normalized spacial score (nSPS) is 12.9. The first-order valence-corrected chi connectivity index (χ1v) is 9.61. The molecular weight excluding hydrogens is 378 g/mol. The molecule has 1 amide bonds. The molecule has 0 radical (unpaired) electrons. The first-order chi connectivity index (χ1) is 13.4. The highest BCUT2D eigenvalue weighted by atomic mass is 35.5. The van der Waals surface area contributed by atoms with Gasteiger partial charge in [0, 0.05) is 11.4 Å². The molecule has 2 aromatic rings. The van der Waals surface area contributed by atoms with Crippen molar-refractivity contribution in [3.8, 4) is 0 Å². The fraction of sp³-hybridized carbons (Fsp3) is 0.364. The monoisotopic (exact) mass is 403 g/mol. The van der Waals surface area contributed by atoms with Crippen LogP contribution in [0.1, 0.15) is 37.5 Å². The Labute approximate surface area is 171 Å². The van der Waals surface area contributed by atoms with Crippen LogP contribution in [0, 0.1) is 5.92 Å². The lowest BCUT2D eigenvalue weighted by molar-refractivity contribution is -0.143. The van der Waals surface area contributed by atoms with Gasteiger partial charge in [-0.3, -0.25) is 0 Å². The average molecular weight is 404 g/mol. The van der Waals surface area contributed by atoms with Gasteiger partial charge in [-0.25, -0.2) is 9.59 Å². The quantitative estimate of drug-likeness (QED) is 0.634. The maximum atomic E-state index is 12.5. The average Bonchev–Trinajstić information content (AvgIpc) is 2.66. The number of amides is 1. The molecule has 0 spiro atoms. The van der Waals surface area contributed by atoms with E-state index in [-0.39, 0.29) is 5.92 Å². The van der Waals surface area contributed by atoms with E-state index in [2.05, 4.69) is 5.32 Å². The van der Waals surface area contributed by atoms with E-state index in [1.54, 1.807) is 6.07 Å². The van der Waals surface area contributed by atoms with Crippen LogP contribution in [-0.2, 0) is 20.7 Å². The molecule has 6 heteroatoms. The number of carbonyl (C=O) groups excluding carboxylic acids is 2. The van der Waals surface area contributed by atoms with Crippen LogP contribution in [0.2, 0.25) is 5.02 Å². The van der Waals surface area contributed by atoms with Gasteiger partial charge in [-0.2, -0.15) is 0 Å². The van der Waals surface area contributed by atoms with Gasteiger partial charge < -0.3 is 14.8 Å². The van der Waals surface area contributed by atoms with E-state index < -0.39 is 24.2 Å². The third-order valence-electron chi connectivity index (χ3n) is 4.22. The maximum Gasteiger partial charge on any atom is 0.408 e. The van der Waals surface area contributed by atoms with E-state index in [0.717, 1.165) is 11.1 Å². The Bertz CT molecular complexity index is 779. The fourth-order valence-corrected chi connectivity index (χ4v) is 3.12. The van der Waals surface area contributed by atoms with Crippen LogP contribution in [-0.4, -0.2) is 25.2 Å². The third-order valence-corrected chi connectivity index (χ3v) is 4.45. The molecule has 5 nitrogen and oxygen atoms in total. The molecule has 2 aromatic carbocycles. The highest BCUT2D eigenvalue weighted by molar-refractivity contribution is 6.30. The van der Waals surface area contributed by atoms with Crippen LogP contribution in [0.5, 0.6) is 0 Å². The zero-order valence-electron chi connectivity index (χ0n) is 16.4. The molecule has 0 aliphatic heterocycles. The summed E-state index contributed by atoms with van der Waals surface area (Å²) in [7, 11) is 1.30. The number of nitrogens with one attached hydrogen (secondary N) is 1. The minimum Gasteiger partial charge on any atom is -0.467 e. The molecule has 0 aromatic heterocycles. The topological polar surface area (TPSA) is 64.6 Å². The van der Waals surface area contributed by atoms with Gasteiger partial charge in [-0.15, -0.1) is 0 Å². The van der Waals surface area contributed by atoms with E-state index in [1.807, 2.05) is 62.4 Å². The lowest BCUT2D eigenvalue weighted by atomic mass is 10.0. The number of halogens is 1. The lowest BCUT2D eigenvalue weighted by Crippen LogP contribution is -2.43. The predicted octanol–water partition coefficient (Wildman–Crippen LogP) is 4.94. The Kier molecular flexibility index (Phi) is 8.33. The van der Waals surface area contributed by atoms with Crippen LogP contribution in [0.4, 0.5) is 4.79 Å². The molecule has 2 unspecified atom stereocenters. The lowest BCUT2D eigenvalue weighted by Gasteiger charge is -2.22. The molecule has 0 aliphatic rings. The van der Waals surface area contributed by atoms with Crippen molar-refractivity contribution in [1.29, 1.82) is 0 Å². The molecule has 2 rings (SSSR count). The second-order valence-electron chi connectivity index (χ2n) is 6.99. The molecular formula is C22H26ClNO4. The Hall–Kier alpha value is -2.53. The Morgan fingerprint density at radius 3 is 2.39 bits per heavy atom. The van der Waals surface area contributed by atoms with Crippen molar-refractivity contribution in [3.05, 3.63) is 70.7 Å². The Morgan fingerprint density at radius 2 is 1.79 bits per heavy atom. The minimum atomic E-state index is -0.750. The van der Waals surface area contributed by atoms with Crippen molar-refractivity contribution in [3.63, 3.8) is 0 Å². The summed E-state index contributed by atoms with van der Waals surface area (Å²) in [6.07, 6.45) is -0.249. The van der Waals surface area contributed by atoms with Crippen LogP contribution < -0.4 is 5.32 Å². The minimum absolute atomic E-state index is 0.209. The van der Waals surface area contributed by atoms with Gasteiger partial charge in [0.05, 0.1) is 7.11 Å². The molecule has 1 N–H and O–H groups in total. The summed E-state index contributed by atoms with van der Waals surface area (Å²) in [5.41, 5.74) is 1.80. The van der Waals surface area contributed by atoms with E-state index >= 15 is 0 Å². The zero-order chi connectivity index (χ0) is 20.5. The summed E-state index contributed by atoms with van der Waals surface area (Å²) in [5, 5.41) is 3.26. The van der Waals surface area contributed by atoms with Crippen LogP contribution in [0.3, 0.4) is 0 Å². The highest BCUT2D eigenvalue weighted by Gasteiger charge is 2.25. The summed E-state index contributed by atoms with van der Waals surface area (Å²) >= 11 is 6.08. The number of rotatable bonds is 8. The third kappa shape index (κ3) is 6.89. The second kappa shape index (κ2) is 10.7. The number of hydrogen-bond donors (Lipinski definition) is 1. The first kappa shape index (κ1) is 21.8. The summed E-state index contributed by atoms with van der Waals surface area (Å²) < 4.78 is 10.5. The van der Waals surface area contributed by atoms with Crippen LogP contribution in [0.15, 0.2) is 54.6 Å². The number of methoxy groups -OCH3 is 1. The Balaban J connectivity index is 2.14.